The van der Waals surface area contributed by atoms with Crippen molar-refractivity contribution in [3.63, 3.8) is 0 Å². The SMILES string of the molecule is Cc1cnc(CNC(=O)c2ccc3c(c2)C(c2ncn(C(C)C)n2)CN3S(C)(=O)=O)cn1. The summed E-state index contributed by atoms with van der Waals surface area (Å²) in [4.78, 5) is 25.6. The maximum atomic E-state index is 12.8. The van der Waals surface area contributed by atoms with Crippen molar-refractivity contribution in [2.75, 3.05) is 17.1 Å². The van der Waals surface area contributed by atoms with Crippen molar-refractivity contribution < 1.29 is 13.2 Å². The van der Waals surface area contributed by atoms with Crippen LogP contribution in [0.25, 0.3) is 0 Å². The van der Waals surface area contributed by atoms with Crippen LogP contribution in [0, 0.1) is 6.92 Å². The van der Waals surface area contributed by atoms with E-state index in [1.54, 1.807) is 41.6 Å². The first kappa shape index (κ1) is 21.9. The van der Waals surface area contributed by atoms with Crippen LogP contribution in [0.2, 0.25) is 0 Å². The number of hydrogen-bond donors (Lipinski definition) is 1. The monoisotopic (exact) mass is 455 g/mol. The molecule has 0 bridgehead atoms. The van der Waals surface area contributed by atoms with Crippen LogP contribution in [0.3, 0.4) is 0 Å². The van der Waals surface area contributed by atoms with Crippen molar-refractivity contribution in [3.05, 3.63) is 65.3 Å². The number of aromatic nitrogens is 5. The van der Waals surface area contributed by atoms with Gasteiger partial charge in [0.15, 0.2) is 5.82 Å². The lowest BCUT2D eigenvalue weighted by Crippen LogP contribution is -2.29. The third-order valence-corrected chi connectivity index (χ3v) is 6.46. The van der Waals surface area contributed by atoms with Crippen molar-refractivity contribution in [2.45, 2.75) is 39.3 Å². The first-order valence-corrected chi connectivity index (χ1v) is 12.1. The van der Waals surface area contributed by atoms with Gasteiger partial charge in [-0.05, 0) is 44.5 Å². The van der Waals surface area contributed by atoms with Crippen LogP contribution in [0.5, 0.6) is 0 Å². The molecule has 1 aliphatic rings. The standard InChI is InChI=1S/C21H25N7O3S/c1-13(2)27-12-25-20(26-27)18-11-28(32(4,30)31)19-6-5-15(7-17(18)19)21(29)24-10-16-9-22-14(3)8-23-16/h5-9,12-13,18H,10-11H2,1-4H3,(H,24,29). The van der Waals surface area contributed by atoms with Gasteiger partial charge in [0.1, 0.15) is 6.33 Å². The fourth-order valence-electron chi connectivity index (χ4n) is 3.58. The molecule has 1 aliphatic heterocycles. The fourth-order valence-corrected chi connectivity index (χ4v) is 4.52. The second kappa shape index (κ2) is 8.30. The molecule has 0 saturated carbocycles. The highest BCUT2D eigenvalue weighted by Crippen LogP contribution is 2.40. The third kappa shape index (κ3) is 4.33. The molecule has 168 valence electrons. The summed E-state index contributed by atoms with van der Waals surface area (Å²) in [5.41, 5.74) is 3.12. The largest absolute Gasteiger partial charge is 0.346 e. The van der Waals surface area contributed by atoms with E-state index in [0.717, 1.165) is 5.69 Å². The highest BCUT2D eigenvalue weighted by molar-refractivity contribution is 7.92. The number of amides is 1. The molecule has 0 radical (unpaired) electrons. The highest BCUT2D eigenvalue weighted by atomic mass is 32.2. The Morgan fingerprint density at radius 1 is 1.22 bits per heavy atom. The van der Waals surface area contributed by atoms with Crippen LogP contribution in [0.15, 0.2) is 36.9 Å². The van der Waals surface area contributed by atoms with Gasteiger partial charge in [-0.15, -0.1) is 0 Å². The number of carbonyl (C=O) groups is 1. The van der Waals surface area contributed by atoms with E-state index in [9.17, 15) is 13.2 Å². The van der Waals surface area contributed by atoms with Crippen LogP contribution in [0.1, 0.15) is 58.9 Å². The number of anilines is 1. The Labute approximate surface area is 186 Å². The Bertz CT molecular complexity index is 1250. The summed E-state index contributed by atoms with van der Waals surface area (Å²) in [6.07, 6.45) is 6.07. The van der Waals surface area contributed by atoms with Gasteiger partial charge in [-0.25, -0.2) is 13.4 Å². The topological polar surface area (TPSA) is 123 Å². The summed E-state index contributed by atoms with van der Waals surface area (Å²) in [6, 6.07) is 5.13. The van der Waals surface area contributed by atoms with Crippen molar-refractivity contribution in [1.29, 1.82) is 0 Å². The summed E-state index contributed by atoms with van der Waals surface area (Å²) >= 11 is 0. The second-order valence-corrected chi connectivity index (χ2v) is 10.0. The van der Waals surface area contributed by atoms with E-state index in [1.807, 2.05) is 20.8 Å². The molecule has 10 nitrogen and oxygen atoms in total. The lowest BCUT2D eigenvalue weighted by molar-refractivity contribution is 0.0950. The summed E-state index contributed by atoms with van der Waals surface area (Å²) < 4.78 is 27.8. The van der Waals surface area contributed by atoms with E-state index in [2.05, 4.69) is 25.4 Å². The summed E-state index contributed by atoms with van der Waals surface area (Å²) in [5.74, 6) is -0.124. The molecule has 3 aromatic rings. The molecule has 1 unspecified atom stereocenters. The molecule has 1 amide bonds. The second-order valence-electron chi connectivity index (χ2n) is 8.13. The molecule has 4 rings (SSSR count). The van der Waals surface area contributed by atoms with E-state index in [-0.39, 0.29) is 31.0 Å². The lowest BCUT2D eigenvalue weighted by Gasteiger charge is -2.16. The molecule has 1 atom stereocenters. The number of fused-ring (bicyclic) bond motifs is 1. The van der Waals surface area contributed by atoms with Gasteiger partial charge in [0, 0.05) is 24.3 Å². The summed E-state index contributed by atoms with van der Waals surface area (Å²) in [6.45, 7) is 6.26. The number of hydrogen-bond acceptors (Lipinski definition) is 7. The normalized spacial score (nSPS) is 15.8. The fraction of sp³-hybridized carbons (Fsp3) is 0.381. The summed E-state index contributed by atoms with van der Waals surface area (Å²) in [5, 5.41) is 7.37. The van der Waals surface area contributed by atoms with E-state index in [4.69, 9.17) is 0 Å². The van der Waals surface area contributed by atoms with Gasteiger partial charge in [-0.1, -0.05) is 0 Å². The van der Waals surface area contributed by atoms with Crippen molar-refractivity contribution in [1.82, 2.24) is 30.0 Å². The van der Waals surface area contributed by atoms with Crippen LogP contribution < -0.4 is 9.62 Å². The van der Waals surface area contributed by atoms with Crippen LogP contribution >= 0.6 is 0 Å². The van der Waals surface area contributed by atoms with Gasteiger partial charge in [0.05, 0.1) is 42.0 Å². The number of benzene rings is 1. The Hall–Kier alpha value is -3.34. The minimum Gasteiger partial charge on any atom is -0.346 e. The zero-order valence-corrected chi connectivity index (χ0v) is 19.2. The maximum absolute atomic E-state index is 12.8. The number of sulfonamides is 1. The Morgan fingerprint density at radius 3 is 2.62 bits per heavy atom. The minimum atomic E-state index is -3.49. The van der Waals surface area contributed by atoms with Crippen molar-refractivity contribution in [2.24, 2.45) is 0 Å². The molecule has 3 heterocycles. The molecule has 0 aliphatic carbocycles. The van der Waals surface area contributed by atoms with Gasteiger partial charge in [-0.3, -0.25) is 23.7 Å². The zero-order valence-electron chi connectivity index (χ0n) is 18.3. The number of aryl methyl sites for hydroxylation is 1. The average Bonchev–Trinajstić information content (AvgIpc) is 3.37. The zero-order chi connectivity index (χ0) is 23.0. The lowest BCUT2D eigenvalue weighted by atomic mass is 9.98. The molecule has 11 heteroatoms. The van der Waals surface area contributed by atoms with E-state index >= 15 is 0 Å². The van der Waals surface area contributed by atoms with Crippen LogP contribution in [0.4, 0.5) is 5.69 Å². The van der Waals surface area contributed by atoms with Gasteiger partial charge in [-0.2, -0.15) is 5.10 Å². The molecular weight excluding hydrogens is 430 g/mol. The van der Waals surface area contributed by atoms with Gasteiger partial charge < -0.3 is 5.32 Å². The Kier molecular flexibility index (Phi) is 5.68. The molecule has 1 N–H and O–H groups in total. The number of nitrogens with zero attached hydrogens (tertiary/aromatic N) is 6. The van der Waals surface area contributed by atoms with Gasteiger partial charge in [0.25, 0.3) is 5.91 Å². The third-order valence-electron chi connectivity index (χ3n) is 5.31. The molecule has 0 spiro atoms. The summed E-state index contributed by atoms with van der Waals surface area (Å²) in [7, 11) is -3.49. The minimum absolute atomic E-state index is 0.130. The first-order valence-electron chi connectivity index (χ1n) is 10.2. The Morgan fingerprint density at radius 2 is 2.00 bits per heavy atom. The van der Waals surface area contributed by atoms with Crippen LogP contribution in [-0.4, -0.2) is 51.9 Å². The molecular formula is C21H25N7O3S. The maximum Gasteiger partial charge on any atom is 0.251 e. The van der Waals surface area contributed by atoms with Crippen LogP contribution in [-0.2, 0) is 16.6 Å². The molecule has 0 saturated heterocycles. The first-order chi connectivity index (χ1) is 15.1. The molecule has 1 aromatic carbocycles. The van der Waals surface area contributed by atoms with Crippen molar-refractivity contribution in [3.8, 4) is 0 Å². The predicted octanol–water partition coefficient (Wildman–Crippen LogP) is 1.80. The van der Waals surface area contributed by atoms with E-state index in [0.29, 0.717) is 28.3 Å². The van der Waals surface area contributed by atoms with Gasteiger partial charge in [0.2, 0.25) is 10.0 Å². The van der Waals surface area contributed by atoms with Crippen molar-refractivity contribution >= 4 is 21.6 Å². The number of rotatable bonds is 6. The smallest absolute Gasteiger partial charge is 0.251 e. The molecule has 2 aromatic heterocycles. The predicted molar refractivity (Wildman–Crippen MR) is 119 cm³/mol. The van der Waals surface area contributed by atoms with E-state index < -0.39 is 10.0 Å². The van der Waals surface area contributed by atoms with Gasteiger partial charge >= 0.3 is 0 Å². The quantitative estimate of drug-likeness (QED) is 0.601. The number of nitrogens with one attached hydrogen (secondary N) is 1. The molecule has 32 heavy (non-hydrogen) atoms. The highest BCUT2D eigenvalue weighted by Gasteiger charge is 2.37. The number of carbonyl (C=O) groups excluding carboxylic acids is 1. The average molecular weight is 456 g/mol. The Balaban J connectivity index is 1.63. The molecule has 0 fully saturated rings. The van der Waals surface area contributed by atoms with E-state index in [1.165, 1.54) is 10.6 Å².